The van der Waals surface area contributed by atoms with Gasteiger partial charge in [0.1, 0.15) is 0 Å². The fraction of sp³-hybridized carbons (Fsp3) is 0.250. The summed E-state index contributed by atoms with van der Waals surface area (Å²) in [5.74, 6) is 0. The molecule has 0 aromatic heterocycles. The molecule has 0 saturated heterocycles. The number of thiol groups is 1. The van der Waals surface area contributed by atoms with Crippen molar-refractivity contribution in [3.05, 3.63) is 23.3 Å². The Bertz CT molecular complexity index is 310. The number of hydrogen-bond acceptors (Lipinski definition) is 2. The molecule has 0 bridgehead atoms. The zero-order valence-electron chi connectivity index (χ0n) is 6.81. The summed E-state index contributed by atoms with van der Waals surface area (Å²) < 4.78 is 37.0. The first kappa shape index (κ1) is 10.2. The Balaban J connectivity index is 3.38. The van der Waals surface area contributed by atoms with E-state index in [2.05, 4.69) is 12.6 Å². The van der Waals surface area contributed by atoms with Crippen LogP contribution in [0.3, 0.4) is 0 Å². The molecule has 0 radical (unpaired) electrons. The predicted octanol–water partition coefficient (Wildman–Crippen LogP) is 2.88. The van der Waals surface area contributed by atoms with Crippen LogP contribution in [0.2, 0.25) is 0 Å². The third kappa shape index (κ3) is 2.09. The van der Waals surface area contributed by atoms with Crippen LogP contribution in [0.5, 0.6) is 0 Å². The molecule has 72 valence electrons. The fourth-order valence-corrected chi connectivity index (χ4v) is 1.51. The maximum absolute atomic E-state index is 12.3. The van der Waals surface area contributed by atoms with E-state index in [4.69, 9.17) is 5.73 Å². The van der Waals surface area contributed by atoms with Gasteiger partial charge in [-0.2, -0.15) is 13.2 Å². The Morgan fingerprint density at radius 2 is 1.85 bits per heavy atom. The highest BCUT2D eigenvalue weighted by Gasteiger charge is 2.34. The molecule has 1 rings (SSSR count). The van der Waals surface area contributed by atoms with Crippen LogP contribution in [0.1, 0.15) is 11.1 Å². The standard InChI is InChI=1S/C8H8F3NS/c1-4-2-5(13)3-6(12)7(4)8(9,10)11/h2-3,13H,12H2,1H3. The van der Waals surface area contributed by atoms with Gasteiger partial charge in [-0.05, 0) is 24.6 Å². The van der Waals surface area contributed by atoms with Crippen molar-refractivity contribution in [1.29, 1.82) is 0 Å². The monoisotopic (exact) mass is 207 g/mol. The van der Waals surface area contributed by atoms with Crippen molar-refractivity contribution in [2.45, 2.75) is 18.0 Å². The number of halogens is 3. The topological polar surface area (TPSA) is 26.0 Å². The highest BCUT2D eigenvalue weighted by Crippen LogP contribution is 2.36. The van der Waals surface area contributed by atoms with Crippen molar-refractivity contribution >= 4 is 18.3 Å². The molecular weight excluding hydrogens is 199 g/mol. The van der Waals surface area contributed by atoms with Gasteiger partial charge in [-0.15, -0.1) is 12.6 Å². The summed E-state index contributed by atoms with van der Waals surface area (Å²) in [7, 11) is 0. The Kier molecular flexibility index (Phi) is 2.47. The minimum absolute atomic E-state index is 0.0949. The summed E-state index contributed by atoms with van der Waals surface area (Å²) >= 11 is 3.92. The van der Waals surface area contributed by atoms with E-state index in [1.54, 1.807) is 0 Å². The van der Waals surface area contributed by atoms with Gasteiger partial charge in [-0.1, -0.05) is 0 Å². The molecule has 1 aromatic rings. The first-order valence-electron chi connectivity index (χ1n) is 3.48. The molecule has 13 heavy (non-hydrogen) atoms. The summed E-state index contributed by atoms with van der Waals surface area (Å²) in [6.45, 7) is 1.36. The molecule has 0 fully saturated rings. The van der Waals surface area contributed by atoms with E-state index in [0.29, 0.717) is 4.90 Å². The molecule has 0 aliphatic heterocycles. The second-order valence-corrected chi connectivity index (χ2v) is 3.24. The van der Waals surface area contributed by atoms with Crippen molar-refractivity contribution in [3.63, 3.8) is 0 Å². The van der Waals surface area contributed by atoms with E-state index in [9.17, 15) is 13.2 Å². The lowest BCUT2D eigenvalue weighted by Gasteiger charge is -2.13. The van der Waals surface area contributed by atoms with Gasteiger partial charge in [0.05, 0.1) is 5.56 Å². The minimum atomic E-state index is -4.39. The van der Waals surface area contributed by atoms with Crippen LogP contribution in [0.25, 0.3) is 0 Å². The van der Waals surface area contributed by atoms with E-state index in [1.807, 2.05) is 0 Å². The second-order valence-electron chi connectivity index (χ2n) is 2.72. The third-order valence-electron chi connectivity index (χ3n) is 1.63. The number of nitrogen functional groups attached to an aromatic ring is 1. The zero-order valence-corrected chi connectivity index (χ0v) is 7.71. The van der Waals surface area contributed by atoms with Crippen LogP contribution in [-0.4, -0.2) is 0 Å². The second kappa shape index (κ2) is 3.14. The fourth-order valence-electron chi connectivity index (χ4n) is 1.18. The number of aryl methyl sites for hydroxylation is 1. The summed E-state index contributed by atoms with van der Waals surface area (Å²) in [5.41, 5.74) is 4.28. The molecule has 0 amide bonds. The van der Waals surface area contributed by atoms with Gasteiger partial charge in [-0.25, -0.2) is 0 Å². The number of anilines is 1. The lowest BCUT2D eigenvalue weighted by Crippen LogP contribution is -2.11. The molecule has 0 saturated carbocycles. The third-order valence-corrected chi connectivity index (χ3v) is 1.89. The Morgan fingerprint density at radius 3 is 2.23 bits per heavy atom. The number of hydrogen-bond donors (Lipinski definition) is 2. The maximum Gasteiger partial charge on any atom is 0.418 e. The van der Waals surface area contributed by atoms with Crippen LogP contribution in [0.15, 0.2) is 17.0 Å². The van der Waals surface area contributed by atoms with Gasteiger partial charge in [0.15, 0.2) is 0 Å². The summed E-state index contributed by atoms with van der Waals surface area (Å²) in [6, 6.07) is 2.53. The van der Waals surface area contributed by atoms with Crippen LogP contribution in [0.4, 0.5) is 18.9 Å². The lowest BCUT2D eigenvalue weighted by atomic mass is 10.1. The summed E-state index contributed by atoms with van der Waals surface area (Å²) in [5, 5.41) is 0. The van der Waals surface area contributed by atoms with E-state index in [-0.39, 0.29) is 11.3 Å². The van der Waals surface area contributed by atoms with Crippen molar-refractivity contribution in [3.8, 4) is 0 Å². The summed E-state index contributed by atoms with van der Waals surface area (Å²) in [6.07, 6.45) is -4.39. The average Bonchev–Trinajstić information content (AvgIpc) is 1.78. The molecule has 5 heteroatoms. The smallest absolute Gasteiger partial charge is 0.398 e. The van der Waals surface area contributed by atoms with E-state index in [1.165, 1.54) is 19.1 Å². The van der Waals surface area contributed by atoms with Crippen LogP contribution in [0, 0.1) is 6.92 Å². The summed E-state index contributed by atoms with van der Waals surface area (Å²) in [4.78, 5) is 0.433. The average molecular weight is 207 g/mol. The number of rotatable bonds is 0. The molecule has 0 aliphatic rings. The number of benzene rings is 1. The van der Waals surface area contributed by atoms with E-state index >= 15 is 0 Å². The molecule has 2 N–H and O–H groups in total. The van der Waals surface area contributed by atoms with Gasteiger partial charge in [0.25, 0.3) is 0 Å². The van der Waals surface area contributed by atoms with Gasteiger partial charge in [0.2, 0.25) is 0 Å². The van der Waals surface area contributed by atoms with Gasteiger partial charge >= 0.3 is 6.18 Å². The Labute approximate surface area is 79.2 Å². The van der Waals surface area contributed by atoms with Crippen molar-refractivity contribution in [2.24, 2.45) is 0 Å². The number of nitrogens with two attached hydrogens (primary N) is 1. The zero-order chi connectivity index (χ0) is 10.2. The van der Waals surface area contributed by atoms with Crippen LogP contribution in [-0.2, 0) is 6.18 Å². The molecular formula is C8H8F3NS. The van der Waals surface area contributed by atoms with Crippen molar-refractivity contribution in [1.82, 2.24) is 0 Å². The molecule has 0 aliphatic carbocycles. The van der Waals surface area contributed by atoms with E-state index in [0.717, 1.165) is 0 Å². The number of alkyl halides is 3. The highest BCUT2D eigenvalue weighted by molar-refractivity contribution is 7.80. The van der Waals surface area contributed by atoms with Crippen molar-refractivity contribution in [2.75, 3.05) is 5.73 Å². The first-order valence-corrected chi connectivity index (χ1v) is 3.93. The molecule has 0 atom stereocenters. The molecule has 1 aromatic carbocycles. The largest absolute Gasteiger partial charge is 0.418 e. The minimum Gasteiger partial charge on any atom is -0.398 e. The van der Waals surface area contributed by atoms with Crippen molar-refractivity contribution < 1.29 is 13.2 Å². The predicted molar refractivity (Wildman–Crippen MR) is 47.8 cm³/mol. The highest BCUT2D eigenvalue weighted by atomic mass is 32.1. The van der Waals surface area contributed by atoms with Gasteiger partial charge < -0.3 is 5.73 Å². The van der Waals surface area contributed by atoms with Gasteiger partial charge in [-0.3, -0.25) is 0 Å². The van der Waals surface area contributed by atoms with Gasteiger partial charge in [0, 0.05) is 10.6 Å². The first-order chi connectivity index (χ1) is 5.82. The van der Waals surface area contributed by atoms with Crippen LogP contribution < -0.4 is 5.73 Å². The molecule has 0 unspecified atom stereocenters. The molecule has 0 spiro atoms. The quantitative estimate of drug-likeness (QED) is 0.496. The molecule has 1 nitrogen and oxygen atoms in total. The molecule has 0 heterocycles. The Hall–Kier alpha value is -0.840. The van der Waals surface area contributed by atoms with Crippen LogP contribution >= 0.6 is 12.6 Å². The lowest BCUT2D eigenvalue weighted by molar-refractivity contribution is -0.137. The maximum atomic E-state index is 12.3. The Morgan fingerprint density at radius 1 is 1.31 bits per heavy atom. The SMILES string of the molecule is Cc1cc(S)cc(N)c1C(F)(F)F. The van der Waals surface area contributed by atoms with E-state index < -0.39 is 11.7 Å². The normalized spacial score (nSPS) is 11.8.